The Morgan fingerprint density at radius 2 is 2.33 bits per heavy atom. The molecular formula is C8H12N4O3. The average molecular weight is 212 g/mol. The number of carboxylic acid groups (broad SMARTS) is 1. The Bertz CT molecular complexity index is 349. The van der Waals surface area contributed by atoms with Gasteiger partial charge in [0.05, 0.1) is 11.9 Å². The van der Waals surface area contributed by atoms with Gasteiger partial charge in [-0.3, -0.25) is 5.10 Å². The predicted molar refractivity (Wildman–Crippen MR) is 52.5 cm³/mol. The number of carboxylic acids is 1. The lowest BCUT2D eigenvalue weighted by atomic mass is 10.3. The molecule has 1 aromatic heterocycles. The van der Waals surface area contributed by atoms with Crippen LogP contribution in [0.2, 0.25) is 0 Å². The smallest absolute Gasteiger partial charge is 0.326 e. The van der Waals surface area contributed by atoms with Crippen molar-refractivity contribution in [1.82, 2.24) is 15.1 Å². The minimum atomic E-state index is -1.06. The zero-order valence-corrected chi connectivity index (χ0v) is 8.39. The SMILES string of the molecule is C[C@@H](C(=O)O)N(C)C(=O)Nc1cn[nH]c1. The topological polar surface area (TPSA) is 98.3 Å². The number of hydrogen-bond acceptors (Lipinski definition) is 3. The van der Waals surface area contributed by atoms with E-state index in [-0.39, 0.29) is 0 Å². The van der Waals surface area contributed by atoms with E-state index in [0.717, 1.165) is 4.90 Å². The summed E-state index contributed by atoms with van der Waals surface area (Å²) in [5.41, 5.74) is 0.490. The van der Waals surface area contributed by atoms with E-state index in [1.54, 1.807) is 0 Å². The molecule has 1 aromatic rings. The van der Waals surface area contributed by atoms with E-state index in [2.05, 4.69) is 15.5 Å². The summed E-state index contributed by atoms with van der Waals surface area (Å²) in [5.74, 6) is -1.06. The van der Waals surface area contributed by atoms with Crippen molar-refractivity contribution in [1.29, 1.82) is 0 Å². The van der Waals surface area contributed by atoms with Gasteiger partial charge in [0.15, 0.2) is 0 Å². The van der Waals surface area contributed by atoms with Gasteiger partial charge in [-0.15, -0.1) is 0 Å². The summed E-state index contributed by atoms with van der Waals surface area (Å²) < 4.78 is 0. The minimum Gasteiger partial charge on any atom is -0.480 e. The summed E-state index contributed by atoms with van der Waals surface area (Å²) >= 11 is 0. The molecule has 3 N–H and O–H groups in total. The lowest BCUT2D eigenvalue weighted by molar-refractivity contribution is -0.141. The second-order valence-electron chi connectivity index (χ2n) is 3.04. The maximum atomic E-state index is 11.5. The number of likely N-dealkylation sites (N-methyl/N-ethyl adjacent to an activating group) is 1. The van der Waals surface area contributed by atoms with Crippen molar-refractivity contribution in [2.24, 2.45) is 0 Å². The van der Waals surface area contributed by atoms with Crippen LogP contribution in [0.15, 0.2) is 12.4 Å². The maximum Gasteiger partial charge on any atom is 0.326 e. The molecule has 1 rings (SSSR count). The van der Waals surface area contributed by atoms with Crippen molar-refractivity contribution in [3.63, 3.8) is 0 Å². The first-order chi connectivity index (χ1) is 7.02. The van der Waals surface area contributed by atoms with E-state index in [1.165, 1.54) is 26.4 Å². The molecule has 1 heterocycles. The third-order valence-corrected chi connectivity index (χ3v) is 2.01. The number of aliphatic carboxylic acids is 1. The van der Waals surface area contributed by atoms with E-state index >= 15 is 0 Å². The first-order valence-corrected chi connectivity index (χ1v) is 4.27. The molecule has 0 saturated heterocycles. The lowest BCUT2D eigenvalue weighted by Crippen LogP contribution is -2.42. The van der Waals surface area contributed by atoms with Crippen molar-refractivity contribution >= 4 is 17.7 Å². The number of anilines is 1. The molecule has 7 nitrogen and oxygen atoms in total. The van der Waals surface area contributed by atoms with Crippen molar-refractivity contribution in [2.75, 3.05) is 12.4 Å². The minimum absolute atomic E-state index is 0.490. The Morgan fingerprint density at radius 1 is 1.67 bits per heavy atom. The van der Waals surface area contributed by atoms with Gasteiger partial charge in [0.25, 0.3) is 0 Å². The highest BCUT2D eigenvalue weighted by Gasteiger charge is 2.21. The molecule has 0 aliphatic carbocycles. The average Bonchev–Trinajstić information content (AvgIpc) is 2.67. The molecule has 0 unspecified atom stereocenters. The normalized spacial score (nSPS) is 11.9. The van der Waals surface area contributed by atoms with Crippen molar-refractivity contribution in [3.05, 3.63) is 12.4 Å². The molecule has 1 atom stereocenters. The summed E-state index contributed by atoms with van der Waals surface area (Å²) in [6.45, 7) is 1.43. The number of carbonyl (C=O) groups excluding carboxylic acids is 1. The highest BCUT2D eigenvalue weighted by Crippen LogP contribution is 2.04. The number of hydrogen-bond donors (Lipinski definition) is 3. The Morgan fingerprint density at radius 3 is 2.80 bits per heavy atom. The zero-order valence-electron chi connectivity index (χ0n) is 8.39. The Balaban J connectivity index is 2.57. The Labute approximate surface area is 86.1 Å². The fraction of sp³-hybridized carbons (Fsp3) is 0.375. The molecule has 0 aliphatic heterocycles. The number of carbonyl (C=O) groups is 2. The summed E-state index contributed by atoms with van der Waals surface area (Å²) in [6, 6.07) is -1.37. The Hall–Kier alpha value is -2.05. The highest BCUT2D eigenvalue weighted by atomic mass is 16.4. The number of nitrogens with one attached hydrogen (secondary N) is 2. The van der Waals surface area contributed by atoms with E-state index in [4.69, 9.17) is 5.11 Å². The first kappa shape index (κ1) is 11.0. The molecule has 0 spiro atoms. The van der Waals surface area contributed by atoms with Crippen LogP contribution in [0.3, 0.4) is 0 Å². The van der Waals surface area contributed by atoms with Crippen molar-refractivity contribution in [3.8, 4) is 0 Å². The summed E-state index contributed by atoms with van der Waals surface area (Å²) in [4.78, 5) is 23.2. The lowest BCUT2D eigenvalue weighted by Gasteiger charge is -2.21. The van der Waals surface area contributed by atoms with Crippen LogP contribution in [-0.4, -0.2) is 45.3 Å². The van der Waals surface area contributed by atoms with Crippen LogP contribution in [-0.2, 0) is 4.79 Å². The third kappa shape index (κ3) is 2.70. The number of urea groups is 1. The van der Waals surface area contributed by atoms with Gasteiger partial charge >= 0.3 is 12.0 Å². The molecule has 2 amide bonds. The summed E-state index contributed by atoms with van der Waals surface area (Å²) in [5, 5.41) is 17.3. The first-order valence-electron chi connectivity index (χ1n) is 4.27. The summed E-state index contributed by atoms with van der Waals surface area (Å²) in [6.07, 6.45) is 2.92. The molecule has 7 heteroatoms. The fourth-order valence-electron chi connectivity index (χ4n) is 0.872. The number of H-pyrrole nitrogens is 1. The van der Waals surface area contributed by atoms with Crippen LogP contribution in [0.25, 0.3) is 0 Å². The largest absolute Gasteiger partial charge is 0.480 e. The quantitative estimate of drug-likeness (QED) is 0.673. The monoisotopic (exact) mass is 212 g/mol. The molecule has 0 radical (unpaired) electrons. The molecule has 0 aliphatic rings. The summed E-state index contributed by atoms with van der Waals surface area (Å²) in [7, 11) is 1.41. The van der Waals surface area contributed by atoms with Gasteiger partial charge in [-0.05, 0) is 6.92 Å². The van der Waals surface area contributed by atoms with Crippen molar-refractivity contribution in [2.45, 2.75) is 13.0 Å². The number of rotatable bonds is 3. The van der Waals surface area contributed by atoms with Gasteiger partial charge in [0.1, 0.15) is 6.04 Å². The van der Waals surface area contributed by atoms with Gasteiger partial charge in [-0.1, -0.05) is 0 Å². The number of aromatic amines is 1. The van der Waals surface area contributed by atoms with E-state index in [0.29, 0.717) is 5.69 Å². The van der Waals surface area contributed by atoms with Crippen LogP contribution in [0.4, 0.5) is 10.5 Å². The second-order valence-corrected chi connectivity index (χ2v) is 3.04. The van der Waals surface area contributed by atoms with Gasteiger partial charge in [0.2, 0.25) is 0 Å². The maximum absolute atomic E-state index is 11.5. The zero-order chi connectivity index (χ0) is 11.4. The fourth-order valence-corrected chi connectivity index (χ4v) is 0.872. The van der Waals surface area contributed by atoms with Gasteiger partial charge < -0.3 is 15.3 Å². The van der Waals surface area contributed by atoms with Crippen LogP contribution >= 0.6 is 0 Å². The third-order valence-electron chi connectivity index (χ3n) is 2.01. The van der Waals surface area contributed by atoms with Crippen LogP contribution in [0.5, 0.6) is 0 Å². The predicted octanol–water partition coefficient (Wildman–Crippen LogP) is 0.346. The number of nitrogens with zero attached hydrogens (tertiary/aromatic N) is 2. The second kappa shape index (κ2) is 4.45. The molecule has 82 valence electrons. The van der Waals surface area contributed by atoms with Gasteiger partial charge in [-0.2, -0.15) is 5.10 Å². The molecule has 15 heavy (non-hydrogen) atoms. The highest BCUT2D eigenvalue weighted by molar-refractivity contribution is 5.91. The Kier molecular flexibility index (Phi) is 3.27. The van der Waals surface area contributed by atoms with Crippen LogP contribution in [0.1, 0.15) is 6.92 Å². The molecule has 0 bridgehead atoms. The molecular weight excluding hydrogens is 200 g/mol. The van der Waals surface area contributed by atoms with E-state index in [1.807, 2.05) is 0 Å². The van der Waals surface area contributed by atoms with Crippen molar-refractivity contribution < 1.29 is 14.7 Å². The van der Waals surface area contributed by atoms with Crippen LogP contribution < -0.4 is 5.32 Å². The van der Waals surface area contributed by atoms with Gasteiger partial charge in [-0.25, -0.2) is 9.59 Å². The van der Waals surface area contributed by atoms with E-state index < -0.39 is 18.0 Å². The number of aromatic nitrogens is 2. The molecule has 0 fully saturated rings. The number of amides is 2. The molecule has 0 aromatic carbocycles. The van der Waals surface area contributed by atoms with Gasteiger partial charge in [0, 0.05) is 13.2 Å². The molecule has 0 saturated carbocycles. The standard InChI is InChI=1S/C8H12N4O3/c1-5(7(13)14)12(2)8(15)11-6-3-9-10-4-6/h3-5H,1-2H3,(H,9,10)(H,11,15)(H,13,14)/t5-/m0/s1. The van der Waals surface area contributed by atoms with Crippen LogP contribution in [0, 0.1) is 0 Å². The van der Waals surface area contributed by atoms with E-state index in [9.17, 15) is 9.59 Å².